The smallest absolute Gasteiger partial charge is 0.460 e. The second-order valence-corrected chi connectivity index (χ2v) is 5.10. The van der Waals surface area contributed by atoms with Gasteiger partial charge in [-0.2, -0.15) is 0 Å². The first-order valence-corrected chi connectivity index (χ1v) is 5.57. The molecule has 0 aliphatic rings. The largest absolute Gasteiger partial charge is 0.501 e. The quantitative estimate of drug-likeness (QED) is 0.614. The molecule has 0 heterocycles. The number of hydrogen-bond donors (Lipinski definition) is 0. The minimum absolute atomic E-state index is 0. The summed E-state index contributed by atoms with van der Waals surface area (Å²) in [5, 5.41) is 2.56. The van der Waals surface area contributed by atoms with E-state index in [-0.39, 0.29) is 16.5 Å². The topological polar surface area (TPSA) is 9.23 Å². The van der Waals surface area contributed by atoms with E-state index < -0.39 is 14.5 Å². The van der Waals surface area contributed by atoms with Crippen molar-refractivity contribution in [2.24, 2.45) is 0 Å². The van der Waals surface area contributed by atoms with Gasteiger partial charge < -0.3 is 3.79 Å². The molecule has 0 aromatic rings. The molecular weight excluding hydrogens is 174 g/mol. The third kappa shape index (κ3) is 6.88. The molecule has 0 amide bonds. The van der Waals surface area contributed by atoms with Gasteiger partial charge in [0.2, 0.25) is 0 Å². The van der Waals surface area contributed by atoms with Crippen molar-refractivity contribution in [3.8, 4) is 0 Å². The van der Waals surface area contributed by atoms with Gasteiger partial charge >= 0.3 is 14.5 Å². The van der Waals surface area contributed by atoms with E-state index in [0.29, 0.717) is 0 Å². The molecule has 0 aromatic heterocycles. The van der Waals surface area contributed by atoms with Crippen LogP contribution >= 0.6 is 0 Å². The molecule has 0 bridgehead atoms. The van der Waals surface area contributed by atoms with Crippen molar-refractivity contribution in [3.63, 3.8) is 0 Å². The standard InChI is InChI=1S/C2H5O.2C2H5.Al.Ni/c1-2-3;2*1-2;;/h2H2,1H3;2*1H2,2H3;;/q-1;;;+1;. The Morgan fingerprint density at radius 3 is 1.67 bits per heavy atom. The molecule has 0 fully saturated rings. The molecule has 0 radical (unpaired) electrons. The molecule has 0 saturated heterocycles. The van der Waals surface area contributed by atoms with Gasteiger partial charge in [-0.05, 0) is 6.92 Å². The molecule has 0 atom stereocenters. The summed E-state index contributed by atoms with van der Waals surface area (Å²) in [5.74, 6) is 0. The Morgan fingerprint density at radius 2 is 1.56 bits per heavy atom. The summed E-state index contributed by atoms with van der Waals surface area (Å²) in [6.07, 6.45) is 0. The Hall–Kier alpha value is 0.986. The molecule has 0 unspecified atom stereocenters. The van der Waals surface area contributed by atoms with Crippen molar-refractivity contribution >= 4 is 14.5 Å². The molecule has 1 nitrogen and oxygen atoms in total. The molecule has 0 aliphatic heterocycles. The van der Waals surface area contributed by atoms with Gasteiger partial charge in [0.05, 0.1) is 0 Å². The Labute approximate surface area is 72.8 Å². The third-order valence-corrected chi connectivity index (χ3v) is 3.94. The van der Waals surface area contributed by atoms with E-state index in [1.54, 1.807) is 0 Å². The molecule has 0 saturated carbocycles. The fourth-order valence-corrected chi connectivity index (χ4v) is 2.28. The molecule has 0 aromatic carbocycles. The van der Waals surface area contributed by atoms with Gasteiger partial charge in [-0.25, -0.2) is 0 Å². The van der Waals surface area contributed by atoms with Crippen molar-refractivity contribution in [2.75, 3.05) is 6.61 Å². The van der Waals surface area contributed by atoms with Crippen molar-refractivity contribution in [1.29, 1.82) is 0 Å². The van der Waals surface area contributed by atoms with Crippen LogP contribution in [0.1, 0.15) is 20.8 Å². The van der Waals surface area contributed by atoms with E-state index in [2.05, 4.69) is 20.8 Å². The Balaban J connectivity index is 0. The summed E-state index contributed by atoms with van der Waals surface area (Å²) < 4.78 is 5.48. The monoisotopic (exact) mass is 188 g/mol. The normalized spacial score (nSPS) is 8.33. The maximum Gasteiger partial charge on any atom is 0.460 e. The van der Waals surface area contributed by atoms with Crippen LogP contribution < -0.4 is 0 Å². The second-order valence-electron chi connectivity index (χ2n) is 1.89. The molecule has 3 heteroatoms. The Kier molecular flexibility index (Phi) is 12.6. The maximum atomic E-state index is 5.48. The van der Waals surface area contributed by atoms with Gasteiger partial charge in [-0.1, -0.05) is 24.4 Å². The van der Waals surface area contributed by atoms with Crippen LogP contribution in [0.5, 0.6) is 0 Å². The van der Waals surface area contributed by atoms with Crippen LogP contribution in [0.25, 0.3) is 0 Å². The minimum atomic E-state index is -0.692. The van der Waals surface area contributed by atoms with Crippen LogP contribution in [0.15, 0.2) is 0 Å². The van der Waals surface area contributed by atoms with Gasteiger partial charge in [0.25, 0.3) is 0 Å². The molecule has 9 heavy (non-hydrogen) atoms. The fraction of sp³-hybridized carbons (Fsp3) is 1.00. The van der Waals surface area contributed by atoms with Crippen molar-refractivity contribution in [3.05, 3.63) is 0 Å². The van der Waals surface area contributed by atoms with Crippen molar-refractivity contribution < 1.29 is 20.3 Å². The van der Waals surface area contributed by atoms with Crippen LogP contribution in [0.4, 0.5) is 0 Å². The molecule has 0 rings (SSSR count). The van der Waals surface area contributed by atoms with E-state index >= 15 is 0 Å². The molecule has 58 valence electrons. The summed E-state index contributed by atoms with van der Waals surface area (Å²) >= 11 is -0.692. The molecule has 0 aliphatic carbocycles. The van der Waals surface area contributed by atoms with Crippen LogP contribution in [0.3, 0.4) is 0 Å². The third-order valence-electron chi connectivity index (χ3n) is 1.31. The van der Waals surface area contributed by atoms with E-state index in [1.165, 1.54) is 10.6 Å². The number of hydrogen-bond acceptors (Lipinski definition) is 1. The number of rotatable bonds is 4. The zero-order valence-corrected chi connectivity index (χ0v) is 8.57. The van der Waals surface area contributed by atoms with E-state index in [4.69, 9.17) is 3.79 Å². The Morgan fingerprint density at radius 1 is 1.11 bits per heavy atom. The predicted molar refractivity (Wildman–Crippen MR) is 38.3 cm³/mol. The van der Waals surface area contributed by atoms with Gasteiger partial charge in [-0.3, -0.25) is 0 Å². The van der Waals surface area contributed by atoms with Crippen LogP contribution in [0.2, 0.25) is 10.6 Å². The van der Waals surface area contributed by atoms with Crippen molar-refractivity contribution in [1.82, 2.24) is 0 Å². The summed E-state index contributed by atoms with van der Waals surface area (Å²) in [5.41, 5.74) is 0. The van der Waals surface area contributed by atoms with Gasteiger partial charge in [-0.15, -0.1) is 0 Å². The average Bonchev–Trinajstić information content (AvgIpc) is 1.83. The van der Waals surface area contributed by atoms with Gasteiger partial charge in [0, 0.05) is 23.1 Å². The zero-order valence-electron chi connectivity index (χ0n) is 6.42. The SMILES string of the molecule is CC[O][Al]([CH2]C)[CH2]C.[Ni]. The maximum absolute atomic E-state index is 5.48. The Bertz CT molecular complexity index is 48.3. The average molecular weight is 189 g/mol. The summed E-state index contributed by atoms with van der Waals surface area (Å²) in [4.78, 5) is 0. The van der Waals surface area contributed by atoms with E-state index in [9.17, 15) is 0 Å². The first kappa shape index (κ1) is 12.6. The zero-order chi connectivity index (χ0) is 6.41. The van der Waals surface area contributed by atoms with Crippen LogP contribution in [-0.4, -0.2) is 21.1 Å². The summed E-state index contributed by atoms with van der Waals surface area (Å²) in [6, 6.07) is 0. The molecular formula is C6H15AlNiO. The second kappa shape index (κ2) is 8.99. The first-order valence-electron chi connectivity index (χ1n) is 3.46. The molecule has 0 N–H and O–H groups in total. The summed E-state index contributed by atoms with van der Waals surface area (Å²) in [7, 11) is 0. The van der Waals surface area contributed by atoms with Crippen molar-refractivity contribution in [2.45, 2.75) is 31.3 Å². The van der Waals surface area contributed by atoms with E-state index in [1.807, 2.05) is 0 Å². The predicted octanol–water partition coefficient (Wildman–Crippen LogP) is 2.05. The van der Waals surface area contributed by atoms with Crippen LogP contribution in [0, 0.1) is 0 Å². The van der Waals surface area contributed by atoms with Gasteiger partial charge in [0.1, 0.15) is 0 Å². The fourth-order valence-electron chi connectivity index (χ4n) is 0.760. The first-order chi connectivity index (χ1) is 3.85. The van der Waals surface area contributed by atoms with Crippen LogP contribution in [-0.2, 0) is 20.3 Å². The van der Waals surface area contributed by atoms with Gasteiger partial charge in [0.15, 0.2) is 0 Å². The minimum Gasteiger partial charge on any atom is -0.501 e. The van der Waals surface area contributed by atoms with E-state index in [0.717, 1.165) is 6.61 Å². The molecule has 0 spiro atoms. The summed E-state index contributed by atoms with van der Waals surface area (Å²) in [6.45, 7) is 7.43.